The van der Waals surface area contributed by atoms with E-state index in [-0.39, 0.29) is 38.6 Å². The number of carboxylic acids is 1. The van der Waals surface area contributed by atoms with Crippen molar-refractivity contribution in [1.29, 1.82) is 0 Å². The van der Waals surface area contributed by atoms with Crippen LogP contribution in [0.4, 0.5) is 0 Å². The fraction of sp³-hybridized carbons (Fsp3) is 0.729. The number of nitrogens with zero attached hydrogens (tertiary/aromatic N) is 1. The smallest absolute Gasteiger partial charge is 0.306 e. The molecule has 328 valence electrons. The molecule has 0 amide bonds. The lowest BCUT2D eigenvalue weighted by atomic mass is 10.0. The minimum atomic E-state index is -1.64. The molecule has 0 rings (SSSR count). The number of allylic oxidation sites excluding steroid dienone is 10. The van der Waals surface area contributed by atoms with Gasteiger partial charge in [-0.25, -0.2) is 0 Å². The lowest BCUT2D eigenvalue weighted by Gasteiger charge is -2.26. The van der Waals surface area contributed by atoms with Crippen molar-refractivity contribution in [3.05, 3.63) is 60.8 Å². The molecule has 0 saturated carbocycles. The molecular formula is C48H83NO8. The van der Waals surface area contributed by atoms with E-state index in [9.17, 15) is 19.5 Å². The van der Waals surface area contributed by atoms with Crippen LogP contribution in [0.5, 0.6) is 0 Å². The van der Waals surface area contributed by atoms with Gasteiger partial charge in [-0.05, 0) is 51.4 Å². The van der Waals surface area contributed by atoms with Crippen LogP contribution in [0.1, 0.15) is 168 Å². The highest BCUT2D eigenvalue weighted by Crippen LogP contribution is 2.14. The zero-order valence-electron chi connectivity index (χ0n) is 36.9. The molecule has 0 aromatic rings. The maximum absolute atomic E-state index is 12.7. The quantitative estimate of drug-likeness (QED) is 0.0198. The normalized spacial score (nSPS) is 13.5. The van der Waals surface area contributed by atoms with Crippen molar-refractivity contribution in [2.45, 2.75) is 180 Å². The topological polar surface area (TPSA) is 111 Å². The Morgan fingerprint density at radius 3 is 1.47 bits per heavy atom. The van der Waals surface area contributed by atoms with Gasteiger partial charge in [0.1, 0.15) is 13.2 Å². The van der Waals surface area contributed by atoms with Crippen LogP contribution < -0.4 is 5.11 Å². The summed E-state index contributed by atoms with van der Waals surface area (Å²) in [6.45, 7) is 4.55. The molecule has 0 N–H and O–H groups in total. The Morgan fingerprint density at radius 2 is 1.00 bits per heavy atom. The van der Waals surface area contributed by atoms with Crippen LogP contribution in [0.15, 0.2) is 60.8 Å². The number of carboxylic acid groups (broad SMARTS) is 1. The van der Waals surface area contributed by atoms with Gasteiger partial charge in [0.05, 0.1) is 40.3 Å². The van der Waals surface area contributed by atoms with E-state index in [1.807, 2.05) is 27.2 Å². The highest BCUT2D eigenvalue weighted by molar-refractivity contribution is 5.70. The molecule has 0 aliphatic rings. The Hall–Kier alpha value is -3.01. The lowest BCUT2D eigenvalue weighted by molar-refractivity contribution is -0.870. The third-order valence-electron chi connectivity index (χ3n) is 9.28. The number of rotatable bonds is 40. The van der Waals surface area contributed by atoms with Gasteiger partial charge in [-0.15, -0.1) is 0 Å². The molecule has 9 heteroatoms. The van der Waals surface area contributed by atoms with E-state index in [2.05, 4.69) is 68.5 Å². The van der Waals surface area contributed by atoms with Crippen molar-refractivity contribution in [3.8, 4) is 0 Å². The monoisotopic (exact) mass is 802 g/mol. The summed E-state index contributed by atoms with van der Waals surface area (Å²) < 4.78 is 22.5. The van der Waals surface area contributed by atoms with Crippen molar-refractivity contribution in [1.82, 2.24) is 0 Å². The van der Waals surface area contributed by atoms with Crippen LogP contribution in [-0.2, 0) is 33.3 Å². The maximum Gasteiger partial charge on any atom is 0.306 e. The minimum absolute atomic E-state index is 0.136. The van der Waals surface area contributed by atoms with E-state index < -0.39 is 24.3 Å². The van der Waals surface area contributed by atoms with Gasteiger partial charge in [-0.1, -0.05) is 164 Å². The highest BCUT2D eigenvalue weighted by atomic mass is 16.7. The Bertz CT molecular complexity index is 1120. The van der Waals surface area contributed by atoms with Gasteiger partial charge in [-0.3, -0.25) is 9.59 Å². The number of carbonyl (C=O) groups is 3. The third kappa shape index (κ3) is 41.0. The summed E-state index contributed by atoms with van der Waals surface area (Å²) in [5.41, 5.74) is 0. The molecule has 0 saturated heterocycles. The fourth-order valence-electron chi connectivity index (χ4n) is 5.81. The van der Waals surface area contributed by atoms with E-state index in [4.69, 9.17) is 18.9 Å². The number of likely N-dealkylation sites (N-methyl/N-ethyl adjacent to an activating group) is 1. The van der Waals surface area contributed by atoms with Crippen LogP contribution in [-0.4, -0.2) is 82.3 Å². The van der Waals surface area contributed by atoms with Crippen molar-refractivity contribution in [2.24, 2.45) is 0 Å². The molecule has 0 aliphatic heterocycles. The Balaban J connectivity index is 4.54. The Kier molecular flexibility index (Phi) is 37.7. The number of esters is 2. The van der Waals surface area contributed by atoms with Crippen molar-refractivity contribution in [3.63, 3.8) is 0 Å². The zero-order valence-corrected chi connectivity index (χ0v) is 36.9. The number of quaternary nitrogens is 1. The number of carbonyl (C=O) groups excluding carboxylic acids is 3. The molecule has 0 radical (unpaired) electrons. The number of ether oxygens (including phenoxy) is 4. The lowest BCUT2D eigenvalue weighted by Crippen LogP contribution is -2.44. The number of unbranched alkanes of at least 4 members (excludes halogenated alkanes) is 15. The summed E-state index contributed by atoms with van der Waals surface area (Å²) in [5, 5.41) is 11.7. The van der Waals surface area contributed by atoms with E-state index in [1.54, 1.807) is 0 Å². The maximum atomic E-state index is 12.7. The summed E-state index contributed by atoms with van der Waals surface area (Å²) in [5.74, 6) is -2.37. The standard InChI is InChI=1S/C48H83NO8/c1-6-8-10-12-14-16-18-20-22-23-25-27-29-31-33-35-37-39-46(51)57-44(43-56-48(47(52)53)54-41-40-49(3,4)5)42-55-45(50)38-36-34-32-30-28-26-24-21-19-17-15-13-11-9-7-2/h8,10,14,16,20,22,25,27,31,33,44,48H,6-7,9,11-13,15,17-19,21,23-24,26,28-30,32,34-43H2,1-5H3/b10-8-,16-14-,22-20-,27-25-,33-31-. The summed E-state index contributed by atoms with van der Waals surface area (Å²) >= 11 is 0. The SMILES string of the molecule is CC/C=C\C/C=C\C/C=C\C/C=C\C/C=C\CCCC(=O)OC(COC(=O)CCCCCCCCCCCCCCCCC)COC(OCC[N+](C)(C)C)C(=O)[O-]. The van der Waals surface area contributed by atoms with Gasteiger partial charge in [-0.2, -0.15) is 0 Å². The first-order chi connectivity index (χ1) is 27.6. The molecule has 2 unspecified atom stereocenters. The van der Waals surface area contributed by atoms with Crippen LogP contribution in [0, 0.1) is 0 Å². The van der Waals surface area contributed by atoms with Gasteiger partial charge < -0.3 is 33.3 Å². The van der Waals surface area contributed by atoms with E-state index >= 15 is 0 Å². The van der Waals surface area contributed by atoms with E-state index in [1.165, 1.54) is 77.0 Å². The molecule has 0 heterocycles. The molecule has 57 heavy (non-hydrogen) atoms. The summed E-state index contributed by atoms with van der Waals surface area (Å²) in [6.07, 6.45) is 44.0. The van der Waals surface area contributed by atoms with Gasteiger partial charge in [0, 0.05) is 12.8 Å². The number of hydrogen-bond donors (Lipinski definition) is 0. The van der Waals surface area contributed by atoms with Crippen LogP contribution in [0.2, 0.25) is 0 Å². The van der Waals surface area contributed by atoms with Gasteiger partial charge in [0.2, 0.25) is 0 Å². The molecule has 2 atom stereocenters. The Morgan fingerprint density at radius 1 is 0.544 bits per heavy atom. The summed E-state index contributed by atoms with van der Waals surface area (Å²) in [4.78, 5) is 36.9. The summed E-state index contributed by atoms with van der Waals surface area (Å²) in [7, 11) is 5.88. The molecule has 0 aromatic heterocycles. The molecule has 0 aromatic carbocycles. The van der Waals surface area contributed by atoms with Gasteiger partial charge >= 0.3 is 11.9 Å². The average molecular weight is 802 g/mol. The minimum Gasteiger partial charge on any atom is -0.545 e. The third-order valence-corrected chi connectivity index (χ3v) is 9.28. The molecule has 0 spiro atoms. The van der Waals surface area contributed by atoms with Gasteiger partial charge in [0.15, 0.2) is 12.4 Å². The second-order valence-corrected chi connectivity index (χ2v) is 16.0. The zero-order chi connectivity index (χ0) is 42.1. The second kappa shape index (κ2) is 39.8. The van der Waals surface area contributed by atoms with Crippen molar-refractivity contribution < 1.29 is 42.9 Å². The van der Waals surface area contributed by atoms with Crippen LogP contribution >= 0.6 is 0 Å². The second-order valence-electron chi connectivity index (χ2n) is 16.0. The molecule has 0 fully saturated rings. The van der Waals surface area contributed by atoms with E-state index in [0.29, 0.717) is 23.9 Å². The average Bonchev–Trinajstić information content (AvgIpc) is 3.17. The first-order valence-corrected chi connectivity index (χ1v) is 22.4. The van der Waals surface area contributed by atoms with Crippen LogP contribution in [0.3, 0.4) is 0 Å². The number of hydrogen-bond acceptors (Lipinski definition) is 8. The van der Waals surface area contributed by atoms with Crippen molar-refractivity contribution >= 4 is 17.9 Å². The number of aliphatic carboxylic acids is 1. The highest BCUT2D eigenvalue weighted by Gasteiger charge is 2.21. The molecule has 0 bridgehead atoms. The van der Waals surface area contributed by atoms with E-state index in [0.717, 1.165) is 51.4 Å². The van der Waals surface area contributed by atoms with Crippen LogP contribution in [0.25, 0.3) is 0 Å². The predicted octanol–water partition coefficient (Wildman–Crippen LogP) is 10.4. The fourth-order valence-corrected chi connectivity index (χ4v) is 5.81. The van der Waals surface area contributed by atoms with Crippen molar-refractivity contribution in [2.75, 3.05) is 47.5 Å². The Labute approximate surface area is 348 Å². The largest absolute Gasteiger partial charge is 0.545 e. The van der Waals surface area contributed by atoms with Gasteiger partial charge in [0.25, 0.3) is 0 Å². The molecule has 9 nitrogen and oxygen atoms in total. The summed E-state index contributed by atoms with van der Waals surface area (Å²) in [6, 6.07) is 0. The molecular weight excluding hydrogens is 719 g/mol. The first kappa shape index (κ1) is 54.0. The molecule has 0 aliphatic carbocycles. The first-order valence-electron chi connectivity index (χ1n) is 22.4. The predicted molar refractivity (Wildman–Crippen MR) is 232 cm³/mol.